The van der Waals surface area contributed by atoms with Crippen LogP contribution in [0.15, 0.2) is 23.1 Å². The molecule has 2 amide bonds. The number of nitrogens with one attached hydrogen (secondary N) is 2. The molecule has 0 aliphatic rings. The molecule has 10 heteroatoms. The van der Waals surface area contributed by atoms with E-state index >= 15 is 0 Å². The smallest absolute Gasteiger partial charge is 0.413 e. The van der Waals surface area contributed by atoms with E-state index in [1.165, 1.54) is 13.0 Å². The Kier molecular flexibility index (Phi) is 7.72. The summed E-state index contributed by atoms with van der Waals surface area (Å²) in [6.07, 6.45) is -2.48. The van der Waals surface area contributed by atoms with Crippen molar-refractivity contribution in [3.63, 3.8) is 0 Å². The summed E-state index contributed by atoms with van der Waals surface area (Å²) < 4.78 is 35.9. The Morgan fingerprint density at radius 3 is 2.42 bits per heavy atom. The minimum Gasteiger partial charge on any atom is -0.453 e. The zero-order valence-electron chi connectivity index (χ0n) is 15.0. The third-order valence-corrected chi connectivity index (χ3v) is 4.95. The fraction of sp³-hybridized carbons (Fsp3) is 0.438. The fourth-order valence-corrected chi connectivity index (χ4v) is 3.29. The van der Waals surface area contributed by atoms with Crippen LogP contribution in [0.2, 0.25) is 0 Å². The van der Waals surface area contributed by atoms with Crippen molar-refractivity contribution >= 4 is 28.0 Å². The van der Waals surface area contributed by atoms with Crippen molar-refractivity contribution in [3.8, 4) is 0 Å². The Balaban J connectivity index is 2.52. The first-order valence-corrected chi connectivity index (χ1v) is 9.20. The van der Waals surface area contributed by atoms with Gasteiger partial charge in [0.25, 0.3) is 5.91 Å². The number of carbonyl (C=O) groups is 3. The predicted molar refractivity (Wildman–Crippen MR) is 91.8 cm³/mol. The molecule has 0 saturated heterocycles. The second-order valence-electron chi connectivity index (χ2n) is 5.53. The van der Waals surface area contributed by atoms with Gasteiger partial charge in [-0.2, -0.15) is 0 Å². The lowest BCUT2D eigenvalue weighted by atomic mass is 10.2. The van der Waals surface area contributed by atoms with E-state index in [1.807, 2.05) is 12.2 Å². The number of methoxy groups -OCH3 is 1. The number of benzene rings is 1. The van der Waals surface area contributed by atoms with Crippen LogP contribution >= 0.6 is 0 Å². The molecule has 26 heavy (non-hydrogen) atoms. The minimum atomic E-state index is -3.77. The molecule has 1 aromatic carbocycles. The van der Waals surface area contributed by atoms with Gasteiger partial charge >= 0.3 is 12.1 Å². The van der Waals surface area contributed by atoms with Crippen molar-refractivity contribution in [2.24, 2.45) is 0 Å². The lowest BCUT2D eigenvalue weighted by Gasteiger charge is -2.13. The number of hydrogen-bond donors (Lipinski definition) is 2. The third-order valence-electron chi connectivity index (χ3n) is 3.33. The summed E-state index contributed by atoms with van der Waals surface area (Å²) in [4.78, 5) is 34.3. The number of imide groups is 1. The maximum absolute atomic E-state index is 12.3. The van der Waals surface area contributed by atoms with E-state index < -0.39 is 34.1 Å². The Morgan fingerprint density at radius 1 is 1.19 bits per heavy atom. The van der Waals surface area contributed by atoms with Crippen LogP contribution < -0.4 is 10.0 Å². The Hall–Kier alpha value is -2.46. The van der Waals surface area contributed by atoms with E-state index in [-0.39, 0.29) is 17.9 Å². The van der Waals surface area contributed by atoms with Gasteiger partial charge in [-0.3, -0.25) is 14.9 Å². The van der Waals surface area contributed by atoms with Crippen LogP contribution in [0.25, 0.3) is 0 Å². The van der Waals surface area contributed by atoms with E-state index in [9.17, 15) is 22.8 Å². The second-order valence-corrected chi connectivity index (χ2v) is 7.27. The summed E-state index contributed by atoms with van der Waals surface area (Å²) in [6, 6.07) is 4.91. The van der Waals surface area contributed by atoms with Crippen LogP contribution in [0.1, 0.15) is 24.5 Å². The van der Waals surface area contributed by atoms with Crippen LogP contribution in [0.3, 0.4) is 0 Å². The molecule has 0 aliphatic carbocycles. The van der Waals surface area contributed by atoms with Gasteiger partial charge in [0.05, 0.1) is 18.4 Å². The normalized spacial score (nSPS) is 12.2. The quantitative estimate of drug-likeness (QED) is 0.663. The highest BCUT2D eigenvalue weighted by Crippen LogP contribution is 2.16. The monoisotopic (exact) mass is 386 g/mol. The average molecular weight is 386 g/mol. The van der Waals surface area contributed by atoms with Crippen molar-refractivity contribution in [1.29, 1.82) is 0 Å². The number of rotatable bonds is 7. The summed E-state index contributed by atoms with van der Waals surface area (Å²) in [6.45, 7) is 4.61. The maximum Gasteiger partial charge on any atom is 0.413 e. The summed E-state index contributed by atoms with van der Waals surface area (Å²) in [5, 5.41) is 1.86. The molecule has 1 atom stereocenters. The van der Waals surface area contributed by atoms with E-state index in [0.717, 1.165) is 12.7 Å². The van der Waals surface area contributed by atoms with Crippen LogP contribution in [0.4, 0.5) is 4.79 Å². The summed E-state index contributed by atoms with van der Waals surface area (Å²) in [5.74, 6) is -1.64. The van der Waals surface area contributed by atoms with Gasteiger partial charge in [0.15, 0.2) is 6.10 Å². The van der Waals surface area contributed by atoms with E-state index in [4.69, 9.17) is 4.74 Å². The molecule has 2 N–H and O–H groups in total. The van der Waals surface area contributed by atoms with Gasteiger partial charge in [0.2, 0.25) is 10.0 Å². The molecule has 1 rings (SSSR count). The fourth-order valence-electron chi connectivity index (χ4n) is 2.03. The van der Waals surface area contributed by atoms with Gasteiger partial charge in [0.1, 0.15) is 0 Å². The number of carbonyl (C=O) groups excluding carboxylic acids is 3. The predicted octanol–water partition coefficient (Wildman–Crippen LogP) is 0.786. The maximum atomic E-state index is 12.3. The molecule has 1 aromatic rings. The molecular weight excluding hydrogens is 364 g/mol. The topological polar surface area (TPSA) is 128 Å². The minimum absolute atomic E-state index is 0.127. The van der Waals surface area contributed by atoms with Gasteiger partial charge in [-0.05, 0) is 32.4 Å². The van der Waals surface area contributed by atoms with Crippen molar-refractivity contribution in [2.75, 3.05) is 13.7 Å². The molecule has 9 nitrogen and oxygen atoms in total. The van der Waals surface area contributed by atoms with Gasteiger partial charge in [0, 0.05) is 6.54 Å². The zero-order valence-corrected chi connectivity index (χ0v) is 15.8. The summed E-state index contributed by atoms with van der Waals surface area (Å²) in [7, 11) is -2.68. The van der Waals surface area contributed by atoms with Crippen molar-refractivity contribution in [2.45, 2.75) is 38.2 Å². The van der Waals surface area contributed by atoms with Crippen LogP contribution in [0, 0.1) is 13.8 Å². The molecule has 0 heterocycles. The SMILES string of the molecule is COC(=O)NC(=O)[C@@H](C)OC(=O)CCNS(=O)(=O)c1ccc(C)cc1C. The first kappa shape index (κ1) is 21.6. The average Bonchev–Trinajstić information content (AvgIpc) is 2.53. The number of ether oxygens (including phenoxy) is 2. The number of alkyl carbamates (subject to hydrolysis) is 1. The largest absolute Gasteiger partial charge is 0.453 e. The number of amides is 2. The Labute approximate surface area is 152 Å². The van der Waals surface area contributed by atoms with Crippen LogP contribution in [-0.2, 0) is 29.1 Å². The zero-order chi connectivity index (χ0) is 19.9. The second kappa shape index (κ2) is 9.30. The molecule has 144 valence electrons. The highest BCUT2D eigenvalue weighted by molar-refractivity contribution is 7.89. The van der Waals surface area contributed by atoms with E-state index in [0.29, 0.717) is 5.56 Å². The van der Waals surface area contributed by atoms with Crippen molar-refractivity contribution in [1.82, 2.24) is 10.0 Å². The lowest BCUT2D eigenvalue weighted by Crippen LogP contribution is -2.39. The molecule has 0 bridgehead atoms. The summed E-state index contributed by atoms with van der Waals surface area (Å²) in [5.41, 5.74) is 1.53. The molecule has 0 aromatic heterocycles. The lowest BCUT2D eigenvalue weighted by molar-refractivity contribution is -0.154. The van der Waals surface area contributed by atoms with Crippen molar-refractivity contribution < 1.29 is 32.3 Å². The van der Waals surface area contributed by atoms with Gasteiger partial charge in [-0.15, -0.1) is 0 Å². The standard InChI is InChI=1S/C16H22N2O7S/c1-10-5-6-13(11(2)9-10)26(22,23)17-8-7-14(19)25-12(3)15(20)18-16(21)24-4/h5-6,9,12,17H,7-8H2,1-4H3,(H,18,20,21)/t12-/m1/s1. The van der Waals surface area contributed by atoms with Gasteiger partial charge in [-0.1, -0.05) is 17.7 Å². The molecule has 0 spiro atoms. The molecule has 0 unspecified atom stereocenters. The Morgan fingerprint density at radius 2 is 1.85 bits per heavy atom. The Bertz CT molecular complexity index is 790. The number of aryl methyl sites for hydroxylation is 2. The first-order chi connectivity index (χ1) is 12.1. The van der Waals surface area contributed by atoms with Gasteiger partial charge < -0.3 is 9.47 Å². The first-order valence-electron chi connectivity index (χ1n) is 7.72. The molecule has 0 aliphatic heterocycles. The number of esters is 1. The van der Waals surface area contributed by atoms with E-state index in [2.05, 4.69) is 9.46 Å². The molecule has 0 saturated carbocycles. The van der Waals surface area contributed by atoms with Crippen LogP contribution in [0.5, 0.6) is 0 Å². The third kappa shape index (κ3) is 6.45. The number of sulfonamides is 1. The molecule has 0 fully saturated rings. The molecular formula is C16H22N2O7S. The molecule has 0 radical (unpaired) electrons. The van der Waals surface area contributed by atoms with E-state index in [1.54, 1.807) is 19.1 Å². The highest BCUT2D eigenvalue weighted by atomic mass is 32.2. The number of hydrogen-bond acceptors (Lipinski definition) is 7. The van der Waals surface area contributed by atoms with Crippen molar-refractivity contribution in [3.05, 3.63) is 29.3 Å². The summed E-state index contributed by atoms with van der Waals surface area (Å²) >= 11 is 0. The van der Waals surface area contributed by atoms with Crippen LogP contribution in [-0.4, -0.2) is 46.1 Å². The highest BCUT2D eigenvalue weighted by Gasteiger charge is 2.21. The van der Waals surface area contributed by atoms with Gasteiger partial charge in [-0.25, -0.2) is 17.9 Å².